The monoisotopic (exact) mass is 256 g/mol. The molecule has 0 spiro atoms. The SMILES string of the molecule is CC(C)(C)S(=O)(=O)Nc1ccc(F)c(C#N)c1. The second kappa shape index (κ2) is 4.34. The Balaban J connectivity index is 3.11. The minimum absolute atomic E-state index is 0.179. The summed E-state index contributed by atoms with van der Waals surface area (Å²) in [6.45, 7) is 4.64. The van der Waals surface area contributed by atoms with Gasteiger partial charge in [0.05, 0.1) is 16.0 Å². The molecule has 92 valence electrons. The summed E-state index contributed by atoms with van der Waals surface area (Å²) in [5, 5.41) is 8.63. The topological polar surface area (TPSA) is 70.0 Å². The van der Waals surface area contributed by atoms with E-state index >= 15 is 0 Å². The van der Waals surface area contributed by atoms with E-state index in [9.17, 15) is 12.8 Å². The summed E-state index contributed by atoms with van der Waals surface area (Å²) in [5.74, 6) is -0.675. The van der Waals surface area contributed by atoms with E-state index < -0.39 is 20.6 Å². The van der Waals surface area contributed by atoms with Crippen LogP contribution >= 0.6 is 0 Å². The first-order valence-corrected chi connectivity index (χ1v) is 6.38. The summed E-state index contributed by atoms with van der Waals surface area (Å²) < 4.78 is 38.0. The van der Waals surface area contributed by atoms with Crippen LogP contribution in [-0.2, 0) is 10.0 Å². The molecule has 1 N–H and O–H groups in total. The third-order valence-electron chi connectivity index (χ3n) is 2.15. The highest BCUT2D eigenvalue weighted by Crippen LogP contribution is 2.21. The van der Waals surface area contributed by atoms with E-state index in [0.29, 0.717) is 0 Å². The van der Waals surface area contributed by atoms with Gasteiger partial charge >= 0.3 is 0 Å². The van der Waals surface area contributed by atoms with E-state index in [2.05, 4.69) is 4.72 Å². The van der Waals surface area contributed by atoms with Gasteiger partial charge in [-0.05, 0) is 39.0 Å². The molecule has 1 aromatic carbocycles. The van der Waals surface area contributed by atoms with Gasteiger partial charge < -0.3 is 0 Å². The standard InChI is InChI=1S/C11H13FN2O2S/c1-11(2,3)17(15,16)14-9-4-5-10(12)8(6-9)7-13/h4-6,14H,1-3H3. The molecular formula is C11H13FN2O2S. The van der Waals surface area contributed by atoms with Crippen LogP contribution in [0.2, 0.25) is 0 Å². The van der Waals surface area contributed by atoms with Crippen LogP contribution in [0.3, 0.4) is 0 Å². The third-order valence-corrected chi connectivity index (χ3v) is 4.26. The maximum Gasteiger partial charge on any atom is 0.237 e. The van der Waals surface area contributed by atoms with Crippen LogP contribution in [0.15, 0.2) is 18.2 Å². The van der Waals surface area contributed by atoms with Gasteiger partial charge in [-0.25, -0.2) is 12.8 Å². The van der Waals surface area contributed by atoms with Gasteiger partial charge in [0.1, 0.15) is 11.9 Å². The fraction of sp³-hybridized carbons (Fsp3) is 0.364. The molecule has 0 saturated heterocycles. The quantitative estimate of drug-likeness (QED) is 0.882. The lowest BCUT2D eigenvalue weighted by Crippen LogP contribution is -2.33. The highest BCUT2D eigenvalue weighted by molar-refractivity contribution is 7.94. The van der Waals surface area contributed by atoms with Crippen molar-refractivity contribution in [3.8, 4) is 6.07 Å². The van der Waals surface area contributed by atoms with Crippen molar-refractivity contribution in [1.82, 2.24) is 0 Å². The van der Waals surface area contributed by atoms with Crippen molar-refractivity contribution in [1.29, 1.82) is 5.26 Å². The number of nitriles is 1. The molecule has 0 amide bonds. The zero-order chi connectivity index (χ0) is 13.3. The Bertz CT molecular complexity index is 568. The Morgan fingerprint density at radius 1 is 1.35 bits per heavy atom. The highest BCUT2D eigenvalue weighted by atomic mass is 32.2. The Morgan fingerprint density at radius 2 is 1.94 bits per heavy atom. The van der Waals surface area contributed by atoms with Crippen molar-refractivity contribution in [3.63, 3.8) is 0 Å². The van der Waals surface area contributed by atoms with Crippen LogP contribution in [0.1, 0.15) is 26.3 Å². The molecule has 0 aliphatic heterocycles. The molecule has 0 radical (unpaired) electrons. The maximum absolute atomic E-state index is 13.0. The summed E-state index contributed by atoms with van der Waals surface area (Å²) in [4.78, 5) is 0. The molecule has 6 heteroatoms. The van der Waals surface area contributed by atoms with Gasteiger partial charge in [-0.3, -0.25) is 4.72 Å². The van der Waals surface area contributed by atoms with Crippen LogP contribution in [-0.4, -0.2) is 13.2 Å². The number of nitrogens with zero attached hydrogens (tertiary/aromatic N) is 1. The molecule has 0 aliphatic rings. The zero-order valence-electron chi connectivity index (χ0n) is 9.78. The maximum atomic E-state index is 13.0. The van der Waals surface area contributed by atoms with Crippen molar-refractivity contribution >= 4 is 15.7 Å². The van der Waals surface area contributed by atoms with Gasteiger partial charge in [-0.2, -0.15) is 5.26 Å². The first-order chi connectivity index (χ1) is 7.67. The smallest absolute Gasteiger partial charge is 0.237 e. The molecule has 17 heavy (non-hydrogen) atoms. The van der Waals surface area contributed by atoms with Gasteiger partial charge in [-0.15, -0.1) is 0 Å². The minimum Gasteiger partial charge on any atom is -0.283 e. The molecule has 0 saturated carbocycles. The predicted molar refractivity (Wildman–Crippen MR) is 63.4 cm³/mol. The summed E-state index contributed by atoms with van der Waals surface area (Å²) in [7, 11) is -3.57. The van der Waals surface area contributed by atoms with E-state index in [0.717, 1.165) is 6.07 Å². The molecule has 0 aromatic heterocycles. The first-order valence-electron chi connectivity index (χ1n) is 4.89. The summed E-state index contributed by atoms with van der Waals surface area (Å²) in [6.07, 6.45) is 0. The van der Waals surface area contributed by atoms with E-state index in [4.69, 9.17) is 5.26 Å². The van der Waals surface area contributed by atoms with Gasteiger partial charge in [0, 0.05) is 0 Å². The second-order valence-electron chi connectivity index (χ2n) is 4.52. The van der Waals surface area contributed by atoms with Crippen LogP contribution in [0.5, 0.6) is 0 Å². The molecule has 0 heterocycles. The molecule has 0 unspecified atom stereocenters. The Hall–Kier alpha value is -1.61. The number of nitrogens with one attached hydrogen (secondary N) is 1. The number of halogens is 1. The normalized spacial score (nSPS) is 11.9. The molecule has 0 bridgehead atoms. The summed E-state index contributed by atoms with van der Waals surface area (Å²) >= 11 is 0. The van der Waals surface area contributed by atoms with Crippen LogP contribution in [0, 0.1) is 17.1 Å². The van der Waals surface area contributed by atoms with Crippen molar-refractivity contribution in [2.75, 3.05) is 4.72 Å². The zero-order valence-corrected chi connectivity index (χ0v) is 10.6. The first kappa shape index (κ1) is 13.5. The van der Waals surface area contributed by atoms with Crippen molar-refractivity contribution < 1.29 is 12.8 Å². The Labute approximate surface area is 100 Å². The van der Waals surface area contributed by atoms with E-state index in [1.54, 1.807) is 26.8 Å². The largest absolute Gasteiger partial charge is 0.283 e. The molecule has 4 nitrogen and oxygen atoms in total. The molecular weight excluding hydrogens is 243 g/mol. The number of benzene rings is 1. The molecule has 0 aliphatic carbocycles. The van der Waals surface area contributed by atoms with Crippen LogP contribution < -0.4 is 4.72 Å². The van der Waals surface area contributed by atoms with E-state index in [1.165, 1.54) is 12.1 Å². The second-order valence-corrected chi connectivity index (χ2v) is 6.96. The third kappa shape index (κ3) is 2.94. The lowest BCUT2D eigenvalue weighted by Gasteiger charge is -2.20. The lowest BCUT2D eigenvalue weighted by molar-refractivity contribution is 0.566. The van der Waals surface area contributed by atoms with Gasteiger partial charge in [0.15, 0.2) is 0 Å². The van der Waals surface area contributed by atoms with Crippen LogP contribution in [0.4, 0.5) is 10.1 Å². The number of sulfonamides is 1. The van der Waals surface area contributed by atoms with E-state index in [1.807, 2.05) is 0 Å². The van der Waals surface area contributed by atoms with Gasteiger partial charge in [-0.1, -0.05) is 0 Å². The number of anilines is 1. The average Bonchev–Trinajstić information content (AvgIpc) is 2.19. The fourth-order valence-electron chi connectivity index (χ4n) is 0.983. The average molecular weight is 256 g/mol. The van der Waals surface area contributed by atoms with Crippen molar-refractivity contribution in [2.24, 2.45) is 0 Å². The molecule has 1 rings (SSSR count). The fourth-order valence-corrected chi connectivity index (χ4v) is 1.73. The van der Waals surface area contributed by atoms with E-state index in [-0.39, 0.29) is 11.3 Å². The van der Waals surface area contributed by atoms with Crippen LogP contribution in [0.25, 0.3) is 0 Å². The number of hydrogen-bond acceptors (Lipinski definition) is 3. The van der Waals surface area contributed by atoms with Gasteiger partial charge in [0.25, 0.3) is 0 Å². The Kier molecular flexibility index (Phi) is 3.43. The van der Waals surface area contributed by atoms with Gasteiger partial charge in [0.2, 0.25) is 10.0 Å². The Morgan fingerprint density at radius 3 is 2.41 bits per heavy atom. The lowest BCUT2D eigenvalue weighted by atomic mass is 10.2. The summed E-state index contributed by atoms with van der Waals surface area (Å²) in [5.41, 5.74) is -0.0167. The van der Waals surface area contributed by atoms with Crippen molar-refractivity contribution in [3.05, 3.63) is 29.6 Å². The van der Waals surface area contributed by atoms with Crippen molar-refractivity contribution in [2.45, 2.75) is 25.5 Å². The summed E-state index contributed by atoms with van der Waals surface area (Å²) in [6, 6.07) is 5.15. The number of hydrogen-bond donors (Lipinski definition) is 1. The predicted octanol–water partition coefficient (Wildman–Crippen LogP) is 2.24. The number of rotatable bonds is 2. The molecule has 0 fully saturated rings. The minimum atomic E-state index is -3.57. The molecule has 1 aromatic rings. The highest BCUT2D eigenvalue weighted by Gasteiger charge is 2.28. The molecule has 0 atom stereocenters.